The Morgan fingerprint density at radius 1 is 1.44 bits per heavy atom. The average molecular weight is 275 g/mol. The van der Waals surface area contributed by atoms with Crippen molar-refractivity contribution in [3.8, 4) is 0 Å². The van der Waals surface area contributed by atoms with Crippen LogP contribution in [0.15, 0.2) is 4.90 Å². The Balaban J connectivity index is 2.64. The van der Waals surface area contributed by atoms with Gasteiger partial charge in [-0.1, -0.05) is 0 Å². The maximum atomic E-state index is 12.0. The van der Waals surface area contributed by atoms with Crippen LogP contribution in [-0.2, 0) is 19.6 Å². The lowest BCUT2D eigenvalue weighted by molar-refractivity contribution is -0.142. The number of hydrogen-bond acceptors (Lipinski definition) is 5. The van der Waals surface area contributed by atoms with Crippen molar-refractivity contribution in [1.29, 1.82) is 0 Å². The number of carbonyl (C=O) groups excluding carboxylic acids is 1. The lowest BCUT2D eigenvalue weighted by atomic mass is 10.4. The normalized spacial score (nSPS) is 11.5. The number of rotatable bonds is 6. The molecule has 0 aliphatic rings. The molecule has 0 aromatic carbocycles. The molecule has 8 heteroatoms. The van der Waals surface area contributed by atoms with Gasteiger partial charge in [-0.3, -0.25) is 9.89 Å². The number of sulfonamides is 1. The molecule has 1 heterocycles. The van der Waals surface area contributed by atoms with Crippen LogP contribution in [0.1, 0.15) is 24.7 Å². The number of nitrogens with zero attached hydrogens (tertiary/aromatic N) is 1. The van der Waals surface area contributed by atoms with Crippen LogP contribution in [0.25, 0.3) is 0 Å². The molecule has 1 aromatic heterocycles. The van der Waals surface area contributed by atoms with Gasteiger partial charge in [0.2, 0.25) is 10.0 Å². The van der Waals surface area contributed by atoms with E-state index in [0.717, 1.165) is 0 Å². The fourth-order valence-corrected chi connectivity index (χ4v) is 2.93. The van der Waals surface area contributed by atoms with Gasteiger partial charge < -0.3 is 4.74 Å². The molecule has 1 aromatic rings. The van der Waals surface area contributed by atoms with Gasteiger partial charge in [-0.25, -0.2) is 13.1 Å². The minimum Gasteiger partial charge on any atom is -0.466 e. The van der Waals surface area contributed by atoms with E-state index in [4.69, 9.17) is 4.74 Å². The van der Waals surface area contributed by atoms with Gasteiger partial charge in [-0.15, -0.1) is 0 Å². The highest BCUT2D eigenvalue weighted by molar-refractivity contribution is 7.89. The van der Waals surface area contributed by atoms with Crippen molar-refractivity contribution < 1.29 is 17.9 Å². The number of aromatic nitrogens is 2. The Labute approximate surface area is 106 Å². The lowest BCUT2D eigenvalue weighted by Gasteiger charge is -2.06. The van der Waals surface area contributed by atoms with Crippen LogP contribution in [0.5, 0.6) is 0 Å². The lowest BCUT2D eigenvalue weighted by Crippen LogP contribution is -2.27. The Kier molecular flexibility index (Phi) is 4.85. The Morgan fingerprint density at radius 2 is 2.11 bits per heavy atom. The zero-order chi connectivity index (χ0) is 13.8. The number of ether oxygens (including phenoxy) is 1. The molecular formula is C10H17N3O4S. The third-order valence-corrected chi connectivity index (χ3v) is 3.98. The zero-order valence-electron chi connectivity index (χ0n) is 10.6. The number of nitrogens with one attached hydrogen (secondary N) is 2. The minimum atomic E-state index is -3.64. The highest BCUT2D eigenvalue weighted by Gasteiger charge is 2.21. The van der Waals surface area contributed by atoms with Gasteiger partial charge in [0, 0.05) is 6.54 Å². The van der Waals surface area contributed by atoms with E-state index in [1.165, 1.54) is 0 Å². The largest absolute Gasteiger partial charge is 0.466 e. The van der Waals surface area contributed by atoms with E-state index >= 15 is 0 Å². The van der Waals surface area contributed by atoms with Crippen molar-refractivity contribution >= 4 is 16.0 Å². The second-order valence-electron chi connectivity index (χ2n) is 3.72. The Hall–Kier alpha value is -1.41. The predicted molar refractivity (Wildman–Crippen MR) is 64.5 cm³/mol. The van der Waals surface area contributed by atoms with E-state index < -0.39 is 16.0 Å². The summed E-state index contributed by atoms with van der Waals surface area (Å²) in [7, 11) is -3.64. The van der Waals surface area contributed by atoms with E-state index in [1.807, 2.05) is 0 Å². The Morgan fingerprint density at radius 3 is 2.61 bits per heavy atom. The van der Waals surface area contributed by atoms with E-state index in [0.29, 0.717) is 11.4 Å². The van der Waals surface area contributed by atoms with Gasteiger partial charge in [0.25, 0.3) is 0 Å². The Bertz CT molecular complexity index is 502. The fourth-order valence-electron chi connectivity index (χ4n) is 1.53. The highest BCUT2D eigenvalue weighted by Crippen LogP contribution is 2.15. The third kappa shape index (κ3) is 3.54. The second-order valence-corrected chi connectivity index (χ2v) is 5.42. The first-order valence-electron chi connectivity index (χ1n) is 5.55. The summed E-state index contributed by atoms with van der Waals surface area (Å²) in [6.07, 6.45) is 0.00299. The van der Waals surface area contributed by atoms with Crippen LogP contribution in [0.2, 0.25) is 0 Å². The number of hydrogen-bond donors (Lipinski definition) is 2. The van der Waals surface area contributed by atoms with Crippen molar-refractivity contribution in [2.75, 3.05) is 13.2 Å². The van der Waals surface area contributed by atoms with Crippen LogP contribution in [0.3, 0.4) is 0 Å². The summed E-state index contributed by atoms with van der Waals surface area (Å²) in [5, 5.41) is 6.42. The average Bonchev–Trinajstić information content (AvgIpc) is 2.59. The molecule has 0 unspecified atom stereocenters. The van der Waals surface area contributed by atoms with Gasteiger partial charge in [-0.2, -0.15) is 5.10 Å². The van der Waals surface area contributed by atoms with Crippen LogP contribution >= 0.6 is 0 Å². The molecule has 0 aliphatic heterocycles. The molecule has 0 saturated heterocycles. The number of H-pyrrole nitrogens is 1. The maximum absolute atomic E-state index is 12.0. The first-order valence-corrected chi connectivity index (χ1v) is 7.03. The topological polar surface area (TPSA) is 101 Å². The summed E-state index contributed by atoms with van der Waals surface area (Å²) in [5.41, 5.74) is 0.868. The van der Waals surface area contributed by atoms with Crippen LogP contribution in [0, 0.1) is 13.8 Å². The molecule has 18 heavy (non-hydrogen) atoms. The van der Waals surface area contributed by atoms with Crippen molar-refractivity contribution in [3.05, 3.63) is 11.4 Å². The molecule has 2 N–H and O–H groups in total. The summed E-state index contributed by atoms with van der Waals surface area (Å²) in [4.78, 5) is 11.2. The molecule has 7 nitrogen and oxygen atoms in total. The zero-order valence-corrected chi connectivity index (χ0v) is 11.4. The number of aromatic amines is 1. The van der Waals surface area contributed by atoms with Gasteiger partial charge in [-0.05, 0) is 20.8 Å². The van der Waals surface area contributed by atoms with E-state index in [9.17, 15) is 13.2 Å². The summed E-state index contributed by atoms with van der Waals surface area (Å²) in [6, 6.07) is 0. The third-order valence-electron chi connectivity index (χ3n) is 2.26. The van der Waals surface area contributed by atoms with Crippen molar-refractivity contribution in [1.82, 2.24) is 14.9 Å². The highest BCUT2D eigenvalue weighted by atomic mass is 32.2. The van der Waals surface area contributed by atoms with Crippen LogP contribution in [-0.4, -0.2) is 37.7 Å². The van der Waals surface area contributed by atoms with Gasteiger partial charge in [0.05, 0.1) is 24.4 Å². The summed E-state index contributed by atoms with van der Waals surface area (Å²) >= 11 is 0. The molecule has 0 amide bonds. The predicted octanol–water partition coefficient (Wildman–Crippen LogP) is 0.258. The molecular weight excluding hydrogens is 258 g/mol. The SMILES string of the molecule is CCOC(=O)CCNS(=O)(=O)c1c(C)n[nH]c1C. The van der Waals surface area contributed by atoms with Gasteiger partial charge in [0.15, 0.2) is 0 Å². The van der Waals surface area contributed by atoms with Gasteiger partial charge >= 0.3 is 5.97 Å². The molecule has 1 rings (SSSR count). The standard InChI is InChI=1S/C10H17N3O4S/c1-4-17-9(14)5-6-11-18(15,16)10-7(2)12-13-8(10)3/h11H,4-6H2,1-3H3,(H,12,13). The maximum Gasteiger partial charge on any atom is 0.307 e. The monoisotopic (exact) mass is 275 g/mol. The molecule has 0 atom stereocenters. The number of carbonyl (C=O) groups is 1. The summed E-state index contributed by atoms with van der Waals surface area (Å²) < 4.78 is 30.9. The molecule has 0 spiro atoms. The molecule has 102 valence electrons. The van der Waals surface area contributed by atoms with E-state index in [-0.39, 0.29) is 24.5 Å². The van der Waals surface area contributed by atoms with Crippen LogP contribution in [0.4, 0.5) is 0 Å². The van der Waals surface area contributed by atoms with Crippen molar-refractivity contribution in [2.45, 2.75) is 32.1 Å². The second kappa shape index (κ2) is 5.96. The minimum absolute atomic E-state index is 0.00299. The smallest absolute Gasteiger partial charge is 0.307 e. The molecule has 0 aliphatic carbocycles. The number of aryl methyl sites for hydroxylation is 2. The molecule has 0 bridgehead atoms. The van der Waals surface area contributed by atoms with Crippen molar-refractivity contribution in [2.24, 2.45) is 0 Å². The summed E-state index contributed by atoms with van der Waals surface area (Å²) in [5.74, 6) is -0.430. The first kappa shape index (κ1) is 14.7. The van der Waals surface area contributed by atoms with E-state index in [2.05, 4.69) is 14.9 Å². The number of esters is 1. The quantitative estimate of drug-likeness (QED) is 0.725. The first-order chi connectivity index (χ1) is 8.38. The molecule has 0 fully saturated rings. The summed E-state index contributed by atoms with van der Waals surface area (Å²) in [6.45, 7) is 5.21. The molecule has 0 saturated carbocycles. The molecule has 0 radical (unpaired) electrons. The van der Waals surface area contributed by atoms with E-state index in [1.54, 1.807) is 20.8 Å². The van der Waals surface area contributed by atoms with Gasteiger partial charge in [0.1, 0.15) is 4.90 Å². The van der Waals surface area contributed by atoms with Crippen LogP contribution < -0.4 is 4.72 Å². The van der Waals surface area contributed by atoms with Crippen molar-refractivity contribution in [3.63, 3.8) is 0 Å². The fraction of sp³-hybridized carbons (Fsp3) is 0.600.